The molecule has 22 heavy (non-hydrogen) atoms. The average Bonchev–Trinajstić information content (AvgIpc) is 2.87. The van der Waals surface area contributed by atoms with Crippen molar-refractivity contribution in [2.24, 2.45) is 0 Å². The third-order valence-corrected chi connectivity index (χ3v) is 4.78. The van der Waals surface area contributed by atoms with Crippen molar-refractivity contribution >= 4 is 27.7 Å². The van der Waals surface area contributed by atoms with Crippen molar-refractivity contribution in [3.63, 3.8) is 0 Å². The number of nitrogens with one attached hydrogen (secondary N) is 1. The van der Waals surface area contributed by atoms with E-state index in [2.05, 4.69) is 34.2 Å². The van der Waals surface area contributed by atoms with Crippen molar-refractivity contribution in [3.05, 3.63) is 28.2 Å². The molecule has 1 amide bonds. The molecule has 1 fully saturated rings. The van der Waals surface area contributed by atoms with Crippen LogP contribution in [0.1, 0.15) is 39.2 Å². The van der Waals surface area contributed by atoms with E-state index >= 15 is 0 Å². The van der Waals surface area contributed by atoms with Crippen molar-refractivity contribution < 1.29 is 9.53 Å². The second kappa shape index (κ2) is 6.90. The number of anilines is 1. The predicted octanol–water partition coefficient (Wildman–Crippen LogP) is 4.57. The van der Waals surface area contributed by atoms with E-state index in [1.54, 1.807) is 0 Å². The maximum atomic E-state index is 12.3. The summed E-state index contributed by atoms with van der Waals surface area (Å²) in [6, 6.07) is 6.33. The molecule has 122 valence electrons. The molecule has 1 aliphatic heterocycles. The number of ether oxygens (including phenoxy) is 1. The van der Waals surface area contributed by atoms with Crippen LogP contribution in [-0.2, 0) is 4.74 Å². The Hall–Kier alpha value is -1.23. The maximum Gasteiger partial charge on any atom is 0.410 e. The van der Waals surface area contributed by atoms with Gasteiger partial charge < -0.3 is 15.0 Å². The van der Waals surface area contributed by atoms with E-state index in [1.165, 1.54) is 5.56 Å². The molecule has 1 heterocycles. The Kier molecular flexibility index (Phi) is 5.37. The molecular weight excluding hydrogens is 344 g/mol. The van der Waals surface area contributed by atoms with Crippen LogP contribution in [0.25, 0.3) is 0 Å². The fourth-order valence-electron chi connectivity index (χ4n) is 2.62. The van der Waals surface area contributed by atoms with E-state index < -0.39 is 5.60 Å². The number of nitrogens with zero attached hydrogens (tertiary/aromatic N) is 1. The summed E-state index contributed by atoms with van der Waals surface area (Å²) in [5.74, 6) is 0. The van der Waals surface area contributed by atoms with E-state index in [0.717, 1.165) is 36.1 Å². The Bertz CT molecular complexity index is 540. The zero-order chi connectivity index (χ0) is 16.3. The number of halogens is 1. The Labute approximate surface area is 141 Å². The fraction of sp³-hybridized carbons (Fsp3) is 0.588. The minimum absolute atomic E-state index is 0.183. The summed E-state index contributed by atoms with van der Waals surface area (Å²) in [7, 11) is 0. The van der Waals surface area contributed by atoms with E-state index in [-0.39, 0.29) is 12.1 Å². The summed E-state index contributed by atoms with van der Waals surface area (Å²) in [6.45, 7) is 9.28. The molecule has 0 aromatic heterocycles. The standard InChI is InChI=1S/C17H25BrN2O2/c1-12-7-5-9-14(15(12)18)19-11-13-8-6-10-20(13)16(21)22-17(2,3)4/h5,7,9,13,19H,6,8,10-11H2,1-4H3. The van der Waals surface area contributed by atoms with E-state index in [0.29, 0.717) is 0 Å². The van der Waals surface area contributed by atoms with Gasteiger partial charge in [-0.25, -0.2) is 4.79 Å². The highest BCUT2D eigenvalue weighted by molar-refractivity contribution is 9.10. The molecule has 1 saturated heterocycles. The molecule has 1 aliphatic rings. The van der Waals surface area contributed by atoms with Crippen molar-refractivity contribution in [2.75, 3.05) is 18.4 Å². The van der Waals surface area contributed by atoms with Gasteiger partial charge in [0.05, 0.1) is 6.04 Å². The number of aryl methyl sites for hydroxylation is 1. The van der Waals surface area contributed by atoms with Crippen molar-refractivity contribution in [2.45, 2.75) is 52.2 Å². The smallest absolute Gasteiger partial charge is 0.410 e. The zero-order valence-corrected chi connectivity index (χ0v) is 15.4. The fourth-order valence-corrected chi connectivity index (χ4v) is 3.03. The van der Waals surface area contributed by atoms with Crippen LogP contribution < -0.4 is 5.32 Å². The number of amides is 1. The molecule has 0 radical (unpaired) electrons. The number of carbonyl (C=O) groups excluding carboxylic acids is 1. The SMILES string of the molecule is Cc1cccc(NCC2CCCN2C(=O)OC(C)(C)C)c1Br. The molecule has 0 bridgehead atoms. The Morgan fingerprint density at radius 2 is 2.18 bits per heavy atom. The van der Waals surface area contributed by atoms with Crippen LogP contribution in [0.5, 0.6) is 0 Å². The van der Waals surface area contributed by atoms with Gasteiger partial charge in [0.25, 0.3) is 0 Å². The quantitative estimate of drug-likeness (QED) is 0.849. The van der Waals surface area contributed by atoms with Crippen LogP contribution in [-0.4, -0.2) is 35.7 Å². The molecule has 1 aromatic rings. The highest BCUT2D eigenvalue weighted by Crippen LogP contribution is 2.27. The zero-order valence-electron chi connectivity index (χ0n) is 13.8. The van der Waals surface area contributed by atoms with Gasteiger partial charge in [0.1, 0.15) is 5.60 Å². The molecule has 5 heteroatoms. The molecule has 1 aromatic carbocycles. The van der Waals surface area contributed by atoms with Crippen molar-refractivity contribution in [1.82, 2.24) is 4.90 Å². The van der Waals surface area contributed by atoms with Gasteiger partial charge in [-0.1, -0.05) is 12.1 Å². The van der Waals surface area contributed by atoms with Gasteiger partial charge in [0.15, 0.2) is 0 Å². The largest absolute Gasteiger partial charge is 0.444 e. The molecule has 1 N–H and O–H groups in total. The van der Waals surface area contributed by atoms with Crippen molar-refractivity contribution in [1.29, 1.82) is 0 Å². The van der Waals surface area contributed by atoms with Crippen LogP contribution in [0.15, 0.2) is 22.7 Å². The lowest BCUT2D eigenvalue weighted by Crippen LogP contribution is -2.42. The summed E-state index contributed by atoms with van der Waals surface area (Å²) >= 11 is 3.61. The first-order valence-electron chi connectivity index (χ1n) is 7.76. The first kappa shape index (κ1) is 17.1. The number of likely N-dealkylation sites (tertiary alicyclic amines) is 1. The second-order valence-corrected chi connectivity index (χ2v) is 7.58. The van der Waals surface area contributed by atoms with Crippen LogP contribution in [0.3, 0.4) is 0 Å². The first-order chi connectivity index (χ1) is 10.3. The summed E-state index contributed by atoms with van der Waals surface area (Å²) in [5, 5.41) is 3.45. The Morgan fingerprint density at radius 1 is 1.45 bits per heavy atom. The summed E-state index contributed by atoms with van der Waals surface area (Å²) in [4.78, 5) is 14.1. The highest BCUT2D eigenvalue weighted by Gasteiger charge is 2.31. The van der Waals surface area contributed by atoms with Gasteiger partial charge in [-0.3, -0.25) is 0 Å². The normalized spacial score (nSPS) is 18.4. The molecule has 0 saturated carbocycles. The van der Waals surface area contributed by atoms with Crippen LogP contribution in [0.2, 0.25) is 0 Å². The maximum absolute atomic E-state index is 12.3. The summed E-state index contributed by atoms with van der Waals surface area (Å²) in [5.41, 5.74) is 1.81. The van der Waals surface area contributed by atoms with Crippen LogP contribution in [0.4, 0.5) is 10.5 Å². The molecule has 1 unspecified atom stereocenters. The predicted molar refractivity (Wildman–Crippen MR) is 93.3 cm³/mol. The monoisotopic (exact) mass is 368 g/mol. The lowest BCUT2D eigenvalue weighted by molar-refractivity contribution is 0.0235. The van der Waals surface area contributed by atoms with Gasteiger partial charge in [-0.05, 0) is 68.1 Å². The topological polar surface area (TPSA) is 41.6 Å². The van der Waals surface area contributed by atoms with E-state index in [9.17, 15) is 4.79 Å². The number of carbonyl (C=O) groups is 1. The third-order valence-electron chi connectivity index (χ3n) is 3.73. The Morgan fingerprint density at radius 3 is 2.86 bits per heavy atom. The average molecular weight is 369 g/mol. The molecule has 0 spiro atoms. The molecule has 2 rings (SSSR count). The number of hydrogen-bond donors (Lipinski definition) is 1. The van der Waals surface area contributed by atoms with Gasteiger partial charge in [-0.2, -0.15) is 0 Å². The molecule has 0 aliphatic carbocycles. The summed E-state index contributed by atoms with van der Waals surface area (Å²) < 4.78 is 6.58. The van der Waals surface area contributed by atoms with Crippen molar-refractivity contribution in [3.8, 4) is 0 Å². The van der Waals surface area contributed by atoms with Gasteiger partial charge in [0.2, 0.25) is 0 Å². The highest BCUT2D eigenvalue weighted by atomic mass is 79.9. The molecular formula is C17H25BrN2O2. The number of hydrogen-bond acceptors (Lipinski definition) is 3. The van der Waals surface area contributed by atoms with E-state index in [4.69, 9.17) is 4.74 Å². The third kappa shape index (κ3) is 4.38. The lowest BCUT2D eigenvalue weighted by atomic mass is 10.2. The number of benzene rings is 1. The minimum atomic E-state index is -0.447. The second-order valence-electron chi connectivity index (χ2n) is 6.79. The van der Waals surface area contributed by atoms with Crippen LogP contribution >= 0.6 is 15.9 Å². The van der Waals surface area contributed by atoms with Crippen LogP contribution in [0, 0.1) is 6.92 Å². The van der Waals surface area contributed by atoms with Gasteiger partial charge in [-0.15, -0.1) is 0 Å². The van der Waals surface area contributed by atoms with E-state index in [1.807, 2.05) is 37.8 Å². The first-order valence-corrected chi connectivity index (χ1v) is 8.56. The number of rotatable bonds is 3. The molecule has 4 nitrogen and oxygen atoms in total. The Balaban J connectivity index is 1.97. The minimum Gasteiger partial charge on any atom is -0.444 e. The summed E-state index contributed by atoms with van der Waals surface area (Å²) in [6.07, 6.45) is 1.83. The van der Waals surface area contributed by atoms with Gasteiger partial charge in [0, 0.05) is 23.2 Å². The molecule has 1 atom stereocenters. The van der Waals surface area contributed by atoms with Gasteiger partial charge >= 0.3 is 6.09 Å². The lowest BCUT2D eigenvalue weighted by Gasteiger charge is -2.29.